The number of rotatable bonds is 1. The first kappa shape index (κ1) is 8.53. The maximum atomic E-state index is 11.7. The Balaban J connectivity index is 2.28. The first-order valence-corrected chi connectivity index (χ1v) is 4.65. The maximum absolute atomic E-state index is 11.7. The molecule has 72 valence electrons. The predicted molar refractivity (Wildman–Crippen MR) is 48.3 cm³/mol. The van der Waals surface area contributed by atoms with Gasteiger partial charge in [-0.2, -0.15) is 0 Å². The lowest BCUT2D eigenvalue weighted by Gasteiger charge is -2.24. The van der Waals surface area contributed by atoms with E-state index in [1.807, 2.05) is 6.92 Å². The van der Waals surface area contributed by atoms with Gasteiger partial charge in [0.05, 0.1) is 11.6 Å². The minimum Gasteiger partial charge on any atom is -0.378 e. The lowest BCUT2D eigenvalue weighted by molar-refractivity contribution is -0.145. The van der Waals surface area contributed by atoms with Gasteiger partial charge >= 0.3 is 0 Å². The summed E-state index contributed by atoms with van der Waals surface area (Å²) in [6.07, 6.45) is 2.85. The minimum absolute atomic E-state index is 0.0319. The number of hydrogen-bond acceptors (Lipinski definition) is 3. The smallest absolute Gasteiger partial charge is 0.267 e. The molecule has 13 heavy (non-hydrogen) atoms. The summed E-state index contributed by atoms with van der Waals surface area (Å²) in [4.78, 5) is 17.0. The minimum atomic E-state index is -0.668. The fourth-order valence-corrected chi connectivity index (χ4v) is 2.37. The SMILES string of the molecule is CNC(=O)C12CCCC1C(C)=NO2. The van der Waals surface area contributed by atoms with E-state index in [0.717, 1.165) is 25.0 Å². The zero-order valence-corrected chi connectivity index (χ0v) is 7.96. The number of oxime groups is 1. The summed E-state index contributed by atoms with van der Waals surface area (Å²) in [5, 5.41) is 6.57. The molecule has 0 saturated heterocycles. The third-order valence-electron chi connectivity index (χ3n) is 3.07. The van der Waals surface area contributed by atoms with Crippen molar-refractivity contribution in [3.63, 3.8) is 0 Å². The predicted octanol–water partition coefficient (Wildman–Crippen LogP) is 0.677. The molecule has 1 fully saturated rings. The van der Waals surface area contributed by atoms with Gasteiger partial charge in [0.1, 0.15) is 0 Å². The molecule has 0 aromatic rings. The molecule has 2 atom stereocenters. The number of hydrogen-bond donors (Lipinski definition) is 1. The standard InChI is InChI=1S/C9H14N2O2/c1-6-7-4-3-5-9(7,13-11-6)8(12)10-2/h7H,3-5H2,1-2H3,(H,10,12). The second-order valence-electron chi connectivity index (χ2n) is 3.74. The zero-order valence-electron chi connectivity index (χ0n) is 7.96. The van der Waals surface area contributed by atoms with Crippen LogP contribution in [0.25, 0.3) is 0 Å². The molecule has 0 bridgehead atoms. The fourth-order valence-electron chi connectivity index (χ4n) is 2.37. The van der Waals surface area contributed by atoms with Crippen molar-refractivity contribution < 1.29 is 9.63 Å². The van der Waals surface area contributed by atoms with Crippen LogP contribution in [0.5, 0.6) is 0 Å². The van der Waals surface area contributed by atoms with Crippen molar-refractivity contribution in [3.8, 4) is 0 Å². The Morgan fingerprint density at radius 3 is 3.23 bits per heavy atom. The van der Waals surface area contributed by atoms with Gasteiger partial charge in [0.15, 0.2) is 0 Å². The molecule has 0 aromatic heterocycles. The Bertz CT molecular complexity index is 275. The lowest BCUT2D eigenvalue weighted by atomic mass is 9.87. The van der Waals surface area contributed by atoms with Crippen molar-refractivity contribution in [2.75, 3.05) is 7.05 Å². The number of nitrogens with one attached hydrogen (secondary N) is 1. The van der Waals surface area contributed by atoms with Crippen molar-refractivity contribution >= 4 is 11.6 Å². The van der Waals surface area contributed by atoms with Crippen LogP contribution in [0.3, 0.4) is 0 Å². The van der Waals surface area contributed by atoms with Gasteiger partial charge < -0.3 is 10.2 Å². The lowest BCUT2D eigenvalue weighted by Crippen LogP contribution is -2.48. The normalized spacial score (nSPS) is 36.5. The van der Waals surface area contributed by atoms with Crippen molar-refractivity contribution in [2.45, 2.75) is 31.8 Å². The van der Waals surface area contributed by atoms with Crippen LogP contribution in [-0.4, -0.2) is 24.3 Å². The Morgan fingerprint density at radius 2 is 2.54 bits per heavy atom. The third kappa shape index (κ3) is 0.975. The largest absolute Gasteiger partial charge is 0.378 e. The van der Waals surface area contributed by atoms with Crippen LogP contribution in [-0.2, 0) is 9.63 Å². The highest BCUT2D eigenvalue weighted by molar-refractivity contribution is 5.97. The molecule has 2 unspecified atom stereocenters. The molecule has 1 amide bonds. The number of carbonyl (C=O) groups excluding carboxylic acids is 1. The average molecular weight is 182 g/mol. The molecular formula is C9H14N2O2. The second-order valence-corrected chi connectivity index (χ2v) is 3.74. The summed E-state index contributed by atoms with van der Waals surface area (Å²) >= 11 is 0. The van der Waals surface area contributed by atoms with E-state index in [-0.39, 0.29) is 11.8 Å². The maximum Gasteiger partial charge on any atom is 0.267 e. The van der Waals surface area contributed by atoms with Crippen LogP contribution in [0.2, 0.25) is 0 Å². The monoisotopic (exact) mass is 182 g/mol. The fraction of sp³-hybridized carbons (Fsp3) is 0.778. The first-order chi connectivity index (χ1) is 6.20. The Morgan fingerprint density at radius 1 is 1.77 bits per heavy atom. The Hall–Kier alpha value is -1.06. The summed E-state index contributed by atoms with van der Waals surface area (Å²) < 4.78 is 0. The van der Waals surface area contributed by atoms with E-state index in [0.29, 0.717) is 0 Å². The van der Waals surface area contributed by atoms with Crippen LogP contribution in [0, 0.1) is 5.92 Å². The van der Waals surface area contributed by atoms with Gasteiger partial charge in [0.25, 0.3) is 5.91 Å². The summed E-state index contributed by atoms with van der Waals surface area (Å²) in [7, 11) is 1.64. The molecule has 1 heterocycles. The summed E-state index contributed by atoms with van der Waals surface area (Å²) in [5.41, 5.74) is 0.292. The Kier molecular flexibility index (Phi) is 1.78. The first-order valence-electron chi connectivity index (χ1n) is 4.65. The summed E-state index contributed by atoms with van der Waals surface area (Å²) in [6.45, 7) is 1.93. The van der Waals surface area contributed by atoms with Crippen molar-refractivity contribution in [3.05, 3.63) is 0 Å². The zero-order chi connectivity index (χ0) is 9.47. The number of nitrogens with zero attached hydrogens (tertiary/aromatic N) is 1. The van der Waals surface area contributed by atoms with Gasteiger partial charge in [-0.05, 0) is 26.2 Å². The van der Waals surface area contributed by atoms with Crippen LogP contribution < -0.4 is 5.32 Å². The van der Waals surface area contributed by atoms with Crippen LogP contribution in [0.4, 0.5) is 0 Å². The van der Waals surface area contributed by atoms with Crippen molar-refractivity contribution in [1.29, 1.82) is 0 Å². The molecule has 0 spiro atoms. The number of amides is 1. The van der Waals surface area contributed by atoms with Crippen LogP contribution in [0.1, 0.15) is 26.2 Å². The highest BCUT2D eigenvalue weighted by Gasteiger charge is 2.56. The van der Waals surface area contributed by atoms with E-state index in [1.54, 1.807) is 7.05 Å². The third-order valence-corrected chi connectivity index (χ3v) is 3.07. The molecule has 1 N–H and O–H groups in total. The van der Waals surface area contributed by atoms with Gasteiger partial charge in [-0.1, -0.05) is 5.16 Å². The topological polar surface area (TPSA) is 50.7 Å². The summed E-state index contributed by atoms with van der Waals surface area (Å²) in [6, 6.07) is 0. The van der Waals surface area contributed by atoms with Crippen LogP contribution >= 0.6 is 0 Å². The van der Waals surface area contributed by atoms with Gasteiger partial charge in [0.2, 0.25) is 5.60 Å². The number of likely N-dealkylation sites (N-methyl/N-ethyl adjacent to an activating group) is 1. The number of fused-ring (bicyclic) bond motifs is 1. The molecule has 0 radical (unpaired) electrons. The number of carbonyl (C=O) groups is 1. The highest BCUT2D eigenvalue weighted by Crippen LogP contribution is 2.43. The van der Waals surface area contributed by atoms with E-state index in [9.17, 15) is 4.79 Å². The summed E-state index contributed by atoms with van der Waals surface area (Å²) in [5.74, 6) is 0.169. The van der Waals surface area contributed by atoms with Gasteiger partial charge in [-0.3, -0.25) is 4.79 Å². The van der Waals surface area contributed by atoms with Crippen molar-refractivity contribution in [1.82, 2.24) is 5.32 Å². The quantitative estimate of drug-likeness (QED) is 0.648. The van der Waals surface area contributed by atoms with Crippen molar-refractivity contribution in [2.24, 2.45) is 11.1 Å². The molecule has 1 aliphatic carbocycles. The van der Waals surface area contributed by atoms with E-state index < -0.39 is 5.60 Å². The van der Waals surface area contributed by atoms with E-state index in [1.165, 1.54) is 0 Å². The van der Waals surface area contributed by atoms with Gasteiger partial charge in [0, 0.05) is 7.05 Å². The molecule has 2 rings (SSSR count). The van der Waals surface area contributed by atoms with Crippen LogP contribution in [0.15, 0.2) is 5.16 Å². The van der Waals surface area contributed by atoms with Gasteiger partial charge in [-0.15, -0.1) is 0 Å². The second kappa shape index (κ2) is 2.72. The van der Waals surface area contributed by atoms with E-state index in [2.05, 4.69) is 10.5 Å². The molecule has 0 aromatic carbocycles. The van der Waals surface area contributed by atoms with Gasteiger partial charge in [-0.25, -0.2) is 0 Å². The average Bonchev–Trinajstić information content (AvgIpc) is 2.67. The molecule has 4 nitrogen and oxygen atoms in total. The molecular weight excluding hydrogens is 168 g/mol. The molecule has 4 heteroatoms. The molecule has 2 aliphatic rings. The van der Waals surface area contributed by atoms with E-state index >= 15 is 0 Å². The highest BCUT2D eigenvalue weighted by atomic mass is 16.7. The Labute approximate surface area is 77.3 Å². The van der Waals surface area contributed by atoms with E-state index in [4.69, 9.17) is 4.84 Å². The molecule has 1 saturated carbocycles. The molecule has 1 aliphatic heterocycles.